The van der Waals surface area contributed by atoms with Gasteiger partial charge in [-0.3, -0.25) is 47.9 Å². The molecular weight excluding hydrogens is 905 g/mol. The Labute approximate surface area is 413 Å². The molecule has 0 saturated carbocycles. The van der Waals surface area contributed by atoms with Crippen LogP contribution in [-0.2, 0) is 59.1 Å². The van der Waals surface area contributed by atoms with Gasteiger partial charge in [0.05, 0.1) is 32.2 Å². The zero-order valence-corrected chi connectivity index (χ0v) is 44.1. The number of amides is 8. The lowest BCUT2D eigenvalue weighted by Crippen LogP contribution is -2.60. The van der Waals surface area contributed by atoms with Crippen molar-refractivity contribution in [1.82, 2.24) is 41.3 Å². The molecule has 1 aromatic carbocycles. The molecule has 1 aliphatic rings. The van der Waals surface area contributed by atoms with E-state index in [-0.39, 0.29) is 12.8 Å². The highest BCUT2D eigenvalue weighted by molar-refractivity contribution is 6.09. The van der Waals surface area contributed by atoms with Crippen molar-refractivity contribution >= 4 is 59.0 Å². The summed E-state index contributed by atoms with van der Waals surface area (Å²) in [6.07, 6.45) is -0.234. The van der Waals surface area contributed by atoms with Gasteiger partial charge < -0.3 is 50.8 Å². The third-order valence-corrected chi connectivity index (χ3v) is 13.6. The highest BCUT2D eigenvalue weighted by atomic mass is 16.5. The Kier molecular flexibility index (Phi) is 23.0. The van der Waals surface area contributed by atoms with Crippen molar-refractivity contribution < 1.29 is 57.4 Å². The van der Waals surface area contributed by atoms with E-state index < -0.39 is 144 Å². The monoisotopic (exact) mass is 985 g/mol. The highest BCUT2D eigenvalue weighted by Crippen LogP contribution is 2.23. The molecule has 0 spiro atoms. The van der Waals surface area contributed by atoms with E-state index in [0.29, 0.717) is 24.2 Å². The molecule has 8 amide bonds. The molecule has 10 atom stereocenters. The first-order valence-corrected chi connectivity index (χ1v) is 24.2. The van der Waals surface area contributed by atoms with Crippen LogP contribution in [0.4, 0.5) is 0 Å². The number of cyclic esters (lactones) is 1. The van der Waals surface area contributed by atoms with Gasteiger partial charge in [-0.05, 0) is 77.0 Å². The number of hydrogen-bond acceptors (Lipinski definition) is 12. The molecular formula is C50H80N8O12. The summed E-state index contributed by atoms with van der Waals surface area (Å²) in [5.74, 6) is -8.89. The first-order chi connectivity index (χ1) is 32.6. The Bertz CT molecular complexity index is 2040. The molecule has 1 aliphatic heterocycles. The van der Waals surface area contributed by atoms with Gasteiger partial charge in [0.15, 0.2) is 11.9 Å². The number of carbonyl (C=O) groups is 10. The Balaban J connectivity index is 2.69. The van der Waals surface area contributed by atoms with Gasteiger partial charge in [-0.1, -0.05) is 67.0 Å². The maximum absolute atomic E-state index is 14.6. The van der Waals surface area contributed by atoms with Crippen LogP contribution in [0.15, 0.2) is 24.3 Å². The molecule has 20 heteroatoms. The number of Topliss-reactive ketones (excluding diaryl/α,β-unsaturated/α-hetero) is 1. The van der Waals surface area contributed by atoms with Gasteiger partial charge in [0.1, 0.15) is 35.3 Å². The predicted molar refractivity (Wildman–Crippen MR) is 261 cm³/mol. The molecule has 0 bridgehead atoms. The molecule has 0 aliphatic carbocycles. The number of ketones is 1. The molecule has 20 nitrogen and oxygen atoms in total. The lowest BCUT2D eigenvalue weighted by molar-refractivity contribution is -0.163. The van der Waals surface area contributed by atoms with Gasteiger partial charge in [-0.2, -0.15) is 0 Å². The zero-order valence-electron chi connectivity index (χ0n) is 44.1. The van der Waals surface area contributed by atoms with Crippen molar-refractivity contribution in [2.45, 2.75) is 151 Å². The summed E-state index contributed by atoms with van der Waals surface area (Å²) in [4.78, 5) is 143. The minimum atomic E-state index is -1.79. The molecule has 70 heavy (non-hydrogen) atoms. The van der Waals surface area contributed by atoms with Crippen LogP contribution in [0.25, 0.3) is 0 Å². The first kappa shape index (κ1) is 60.0. The number of likely N-dealkylation sites (N-methyl/N-ethyl adjacent to an activating group) is 3. The van der Waals surface area contributed by atoms with Gasteiger partial charge in [0.2, 0.25) is 41.4 Å². The second-order valence-electron chi connectivity index (χ2n) is 19.5. The number of methoxy groups -OCH3 is 1. The molecule has 10 unspecified atom stereocenters. The van der Waals surface area contributed by atoms with Crippen molar-refractivity contribution in [3.05, 3.63) is 29.8 Å². The van der Waals surface area contributed by atoms with E-state index in [1.54, 1.807) is 65.8 Å². The second kappa shape index (κ2) is 26.8. The molecule has 1 aromatic rings. The van der Waals surface area contributed by atoms with Crippen LogP contribution in [0, 0.1) is 29.1 Å². The largest absolute Gasteiger partial charge is 0.497 e. The Morgan fingerprint density at radius 3 is 1.70 bits per heavy atom. The summed E-state index contributed by atoms with van der Waals surface area (Å²) in [5.41, 5.74) is -1.16. The third-order valence-electron chi connectivity index (χ3n) is 13.6. The van der Waals surface area contributed by atoms with Crippen molar-refractivity contribution in [3.8, 4) is 5.75 Å². The number of rotatable bonds is 9. The van der Waals surface area contributed by atoms with Crippen LogP contribution in [-0.4, -0.2) is 157 Å². The fraction of sp³-hybridized carbons (Fsp3) is 0.680. The van der Waals surface area contributed by atoms with Crippen LogP contribution in [0.2, 0.25) is 0 Å². The van der Waals surface area contributed by atoms with Crippen molar-refractivity contribution in [3.63, 3.8) is 0 Å². The fourth-order valence-electron chi connectivity index (χ4n) is 8.18. The summed E-state index contributed by atoms with van der Waals surface area (Å²) >= 11 is 0. The zero-order chi connectivity index (χ0) is 53.5. The number of carbonyl (C=O) groups excluding carboxylic acids is 10. The maximum atomic E-state index is 14.6. The topological polar surface area (TPSA) is 259 Å². The molecule has 1 saturated heterocycles. The van der Waals surface area contributed by atoms with Crippen LogP contribution >= 0.6 is 0 Å². The standard InChI is InChI=1S/C50H80N8O12/c1-17-28(6)40-45(64)51-25-37(59)57(14)39(27(4)5)47(66)56(13)36(24-33-20-22-34(69-16)23-21-33)44(63)53-31(9)42(61)50(11,12)49(68)54-32(10)43(62)55-35(19-3)30(8)48(67)70-41(29(7)18-2)46(65)52-26-38(60)58(40)15/h20-23,27-32,35-36,39-41H,17-19,24-26H2,1-16H3,(H,51,64)(H,52,65)(H,53,63)(H,54,68)(H,55,62). The molecule has 0 radical (unpaired) electrons. The average Bonchev–Trinajstić information content (AvgIpc) is 3.32. The number of nitrogens with zero attached hydrogens (tertiary/aromatic N) is 3. The molecule has 0 aromatic heterocycles. The van der Waals surface area contributed by atoms with E-state index in [1.165, 1.54) is 77.6 Å². The summed E-state index contributed by atoms with van der Waals surface area (Å²) in [7, 11) is 5.72. The SMILES string of the molecule is CCC(C)C1OC(=O)C(C)C(CC)NC(=O)C(C)NC(=O)C(C)(C)C(=O)C(C)NC(=O)C(Cc2ccc(OC)cc2)N(C)C(=O)C(C(C)C)N(C)C(=O)CNC(=O)C(C(C)CC)N(C)C(=O)CNC1=O. The Hall–Kier alpha value is -6.08. The lowest BCUT2D eigenvalue weighted by Gasteiger charge is -2.37. The molecule has 1 heterocycles. The highest BCUT2D eigenvalue weighted by Gasteiger charge is 2.43. The lowest BCUT2D eigenvalue weighted by atomic mass is 9.83. The van der Waals surface area contributed by atoms with Crippen molar-refractivity contribution in [2.24, 2.45) is 29.1 Å². The molecule has 2 rings (SSSR count). The van der Waals surface area contributed by atoms with Gasteiger partial charge in [-0.15, -0.1) is 0 Å². The van der Waals surface area contributed by atoms with Gasteiger partial charge in [0, 0.05) is 39.5 Å². The number of nitrogens with one attached hydrogen (secondary N) is 5. The maximum Gasteiger partial charge on any atom is 0.311 e. The summed E-state index contributed by atoms with van der Waals surface area (Å²) in [5, 5.41) is 13.2. The average molecular weight is 985 g/mol. The number of hydrogen-bond donors (Lipinski definition) is 5. The van der Waals surface area contributed by atoms with Gasteiger partial charge in [0.25, 0.3) is 5.91 Å². The van der Waals surface area contributed by atoms with Gasteiger partial charge >= 0.3 is 5.97 Å². The van der Waals surface area contributed by atoms with Crippen molar-refractivity contribution in [1.29, 1.82) is 0 Å². The number of ether oxygens (including phenoxy) is 2. The summed E-state index contributed by atoms with van der Waals surface area (Å²) < 4.78 is 11.0. The minimum absolute atomic E-state index is 0.0333. The first-order valence-electron chi connectivity index (χ1n) is 24.2. The van der Waals surface area contributed by atoms with Crippen LogP contribution in [0.1, 0.15) is 108 Å². The predicted octanol–water partition coefficient (Wildman–Crippen LogP) is 1.76. The van der Waals surface area contributed by atoms with E-state index in [9.17, 15) is 47.9 Å². The van der Waals surface area contributed by atoms with E-state index in [0.717, 1.165) is 0 Å². The minimum Gasteiger partial charge on any atom is -0.497 e. The molecule has 5 N–H and O–H groups in total. The van der Waals surface area contributed by atoms with Crippen LogP contribution < -0.4 is 31.3 Å². The summed E-state index contributed by atoms with van der Waals surface area (Å²) in [6, 6.07) is 0.0462. The molecule has 1 fully saturated rings. The van der Waals surface area contributed by atoms with Crippen LogP contribution in [0.5, 0.6) is 5.75 Å². The van der Waals surface area contributed by atoms with Crippen molar-refractivity contribution in [2.75, 3.05) is 41.3 Å². The fourth-order valence-corrected chi connectivity index (χ4v) is 8.18. The van der Waals surface area contributed by atoms with E-state index >= 15 is 0 Å². The number of esters is 1. The normalized spacial score (nSPS) is 27.1. The van der Waals surface area contributed by atoms with E-state index in [4.69, 9.17) is 9.47 Å². The second-order valence-corrected chi connectivity index (χ2v) is 19.5. The quantitative estimate of drug-likeness (QED) is 0.175. The molecule has 392 valence electrons. The Morgan fingerprint density at radius 2 is 1.20 bits per heavy atom. The smallest absolute Gasteiger partial charge is 0.311 e. The third kappa shape index (κ3) is 15.5. The van der Waals surface area contributed by atoms with Gasteiger partial charge in [-0.25, -0.2) is 0 Å². The Morgan fingerprint density at radius 1 is 0.671 bits per heavy atom. The number of benzene rings is 1. The van der Waals surface area contributed by atoms with E-state index in [2.05, 4.69) is 26.6 Å². The van der Waals surface area contributed by atoms with Crippen LogP contribution in [0.3, 0.4) is 0 Å². The summed E-state index contributed by atoms with van der Waals surface area (Å²) in [6.45, 7) is 18.2. The van der Waals surface area contributed by atoms with E-state index in [1.807, 2.05) is 6.92 Å².